The van der Waals surface area contributed by atoms with Crippen LogP contribution in [-0.4, -0.2) is 0 Å². The summed E-state index contributed by atoms with van der Waals surface area (Å²) >= 11 is 2.30. The summed E-state index contributed by atoms with van der Waals surface area (Å²) < 4.78 is 2.13. The molecule has 0 saturated heterocycles. The highest BCUT2D eigenvalue weighted by atomic mass is 127. The van der Waals surface area contributed by atoms with E-state index < -0.39 is 0 Å². The number of unbranched alkanes of at least 4 members (excludes halogenated alkanes) is 11. The lowest BCUT2D eigenvalue weighted by Gasteiger charge is -2.01. The van der Waals surface area contributed by atoms with E-state index in [1.54, 1.807) is 0 Å². The normalized spacial score (nSPS) is 11.4. The average molecular weight is 336 g/mol. The highest BCUT2D eigenvalue weighted by Gasteiger charge is 1.92. The summed E-state index contributed by atoms with van der Waals surface area (Å²) in [4.78, 5) is 0. The quantitative estimate of drug-likeness (QED) is 0.277. The molecule has 0 aliphatic rings. The van der Waals surface area contributed by atoms with Gasteiger partial charge in [-0.2, -0.15) is 0 Å². The number of rotatable bonds is 12. The monoisotopic (exact) mass is 336 g/mol. The zero-order valence-corrected chi connectivity index (χ0v) is 13.2. The Morgan fingerprint density at radius 3 is 1.56 bits per heavy atom. The lowest BCUT2D eigenvalue weighted by Crippen LogP contribution is -1.81. The highest BCUT2D eigenvalue weighted by molar-refractivity contribution is 14.1. The molecule has 0 heterocycles. The summed E-state index contributed by atoms with van der Waals surface area (Å²) in [5.41, 5.74) is 0. The third-order valence-corrected chi connectivity index (χ3v) is 3.57. The molecule has 0 aliphatic heterocycles. The molecule has 0 unspecified atom stereocenters. The highest BCUT2D eigenvalue weighted by Crippen LogP contribution is 2.12. The van der Waals surface area contributed by atoms with Crippen LogP contribution in [0.15, 0.2) is 10.2 Å². The van der Waals surface area contributed by atoms with Crippen LogP contribution in [-0.2, 0) is 0 Å². The van der Waals surface area contributed by atoms with Crippen LogP contribution in [0.3, 0.4) is 0 Å². The van der Waals surface area contributed by atoms with E-state index in [1.807, 2.05) is 0 Å². The minimum atomic E-state index is 1.28. The van der Waals surface area contributed by atoms with E-state index in [4.69, 9.17) is 0 Å². The van der Waals surface area contributed by atoms with E-state index in [2.05, 4.69) is 39.7 Å². The molecule has 0 rings (SSSR count). The average Bonchev–Trinajstić information content (AvgIpc) is 2.31. The van der Waals surface area contributed by atoms with Crippen molar-refractivity contribution in [3.05, 3.63) is 10.2 Å². The van der Waals surface area contributed by atoms with Gasteiger partial charge in [-0.25, -0.2) is 0 Å². The van der Waals surface area contributed by atoms with Gasteiger partial charge in [-0.3, -0.25) is 0 Å². The third kappa shape index (κ3) is 14.5. The molecule has 0 aromatic rings. The van der Waals surface area contributed by atoms with Crippen molar-refractivity contribution in [1.29, 1.82) is 0 Å². The number of hydrogen-bond acceptors (Lipinski definition) is 0. The Morgan fingerprint density at radius 1 is 0.688 bits per heavy atom. The molecule has 0 spiro atoms. The molecule has 0 atom stereocenters. The standard InChI is InChI=1S/C15H29I/c1-2-3-4-5-6-7-8-9-10-11-12-13-14-15-16/h14-15H,2-13H2,1H3. The van der Waals surface area contributed by atoms with Crippen molar-refractivity contribution in [2.24, 2.45) is 0 Å². The van der Waals surface area contributed by atoms with Crippen molar-refractivity contribution in [3.8, 4) is 0 Å². The van der Waals surface area contributed by atoms with Gasteiger partial charge in [-0.15, -0.1) is 0 Å². The van der Waals surface area contributed by atoms with Gasteiger partial charge in [0.2, 0.25) is 0 Å². The summed E-state index contributed by atoms with van der Waals surface area (Å²) in [5, 5.41) is 0. The zero-order chi connectivity index (χ0) is 11.9. The number of halogens is 1. The largest absolute Gasteiger partial charge is 0.0785 e. The smallest absolute Gasteiger partial charge is 0.0274 e. The van der Waals surface area contributed by atoms with Crippen LogP contribution in [0.4, 0.5) is 0 Å². The predicted octanol–water partition coefficient (Wildman–Crippen LogP) is 6.64. The Morgan fingerprint density at radius 2 is 1.12 bits per heavy atom. The molecule has 96 valence electrons. The molecular formula is C15H29I. The summed E-state index contributed by atoms with van der Waals surface area (Å²) in [6.45, 7) is 2.28. The van der Waals surface area contributed by atoms with Crippen LogP contribution in [0.2, 0.25) is 0 Å². The maximum atomic E-state index is 2.30. The van der Waals surface area contributed by atoms with Gasteiger partial charge in [-0.05, 0) is 16.9 Å². The molecule has 0 aromatic carbocycles. The third-order valence-electron chi connectivity index (χ3n) is 3.06. The second-order valence-electron chi connectivity index (χ2n) is 4.69. The molecular weight excluding hydrogens is 307 g/mol. The van der Waals surface area contributed by atoms with Crippen molar-refractivity contribution in [3.63, 3.8) is 0 Å². The van der Waals surface area contributed by atoms with E-state index in [9.17, 15) is 0 Å². The predicted molar refractivity (Wildman–Crippen MR) is 84.2 cm³/mol. The second kappa shape index (κ2) is 15.5. The van der Waals surface area contributed by atoms with Crippen molar-refractivity contribution in [2.75, 3.05) is 0 Å². The van der Waals surface area contributed by atoms with Gasteiger partial charge in [0.05, 0.1) is 0 Å². The van der Waals surface area contributed by atoms with Gasteiger partial charge in [0.1, 0.15) is 0 Å². The maximum Gasteiger partial charge on any atom is -0.0274 e. The topological polar surface area (TPSA) is 0 Å². The molecule has 0 saturated carbocycles. The van der Waals surface area contributed by atoms with Crippen molar-refractivity contribution in [1.82, 2.24) is 0 Å². The van der Waals surface area contributed by atoms with E-state index in [0.29, 0.717) is 0 Å². The van der Waals surface area contributed by atoms with Crippen LogP contribution < -0.4 is 0 Å². The fourth-order valence-electron chi connectivity index (χ4n) is 1.99. The Bertz CT molecular complexity index is 140. The molecule has 0 radical (unpaired) electrons. The van der Waals surface area contributed by atoms with Gasteiger partial charge in [0, 0.05) is 0 Å². The molecule has 0 amide bonds. The zero-order valence-electron chi connectivity index (χ0n) is 11.0. The Hall–Kier alpha value is 0.470. The molecule has 1 heteroatoms. The first kappa shape index (κ1) is 16.5. The van der Waals surface area contributed by atoms with Crippen LogP contribution in [0.25, 0.3) is 0 Å². The molecule has 0 N–H and O–H groups in total. The van der Waals surface area contributed by atoms with Gasteiger partial charge < -0.3 is 0 Å². The molecule has 0 aromatic heterocycles. The van der Waals surface area contributed by atoms with Gasteiger partial charge in [-0.1, -0.05) is 99.8 Å². The van der Waals surface area contributed by atoms with Crippen LogP contribution in [0, 0.1) is 0 Å². The van der Waals surface area contributed by atoms with E-state index >= 15 is 0 Å². The summed E-state index contributed by atoms with van der Waals surface area (Å²) in [5.74, 6) is 0. The second-order valence-corrected chi connectivity index (χ2v) is 5.41. The van der Waals surface area contributed by atoms with Crippen molar-refractivity contribution >= 4 is 22.6 Å². The van der Waals surface area contributed by atoms with Gasteiger partial charge in [0.15, 0.2) is 0 Å². The van der Waals surface area contributed by atoms with E-state index in [1.165, 1.54) is 77.0 Å². The van der Waals surface area contributed by atoms with Gasteiger partial charge in [0.25, 0.3) is 0 Å². The van der Waals surface area contributed by atoms with Gasteiger partial charge >= 0.3 is 0 Å². The first-order valence-electron chi connectivity index (χ1n) is 7.17. The van der Waals surface area contributed by atoms with Crippen LogP contribution in [0.1, 0.15) is 84.0 Å². The Kier molecular flexibility index (Phi) is 15.9. The van der Waals surface area contributed by atoms with Crippen LogP contribution >= 0.6 is 22.6 Å². The summed E-state index contributed by atoms with van der Waals surface area (Å²) in [6, 6.07) is 0. The maximum absolute atomic E-state index is 2.30. The van der Waals surface area contributed by atoms with Crippen molar-refractivity contribution < 1.29 is 0 Å². The summed E-state index contributed by atoms with van der Waals surface area (Å²) in [6.07, 6.45) is 19.4. The van der Waals surface area contributed by atoms with Crippen molar-refractivity contribution in [2.45, 2.75) is 84.0 Å². The molecule has 0 nitrogen and oxygen atoms in total. The number of hydrogen-bond donors (Lipinski definition) is 0. The molecule has 16 heavy (non-hydrogen) atoms. The minimum absolute atomic E-state index is 1.28. The Labute approximate surface area is 116 Å². The molecule has 0 bridgehead atoms. The fourth-order valence-corrected chi connectivity index (χ4v) is 2.35. The van der Waals surface area contributed by atoms with E-state index in [0.717, 1.165) is 0 Å². The lowest BCUT2D eigenvalue weighted by molar-refractivity contribution is 0.550. The lowest BCUT2D eigenvalue weighted by atomic mass is 10.1. The Balaban J connectivity index is 2.88. The SMILES string of the molecule is CCCCCCCCCCCCCC=CI. The van der Waals surface area contributed by atoms with E-state index in [-0.39, 0.29) is 0 Å². The first-order valence-corrected chi connectivity index (χ1v) is 8.41. The summed E-state index contributed by atoms with van der Waals surface area (Å²) in [7, 11) is 0. The molecule has 0 aliphatic carbocycles. The molecule has 0 fully saturated rings. The fraction of sp³-hybridized carbons (Fsp3) is 0.867. The minimum Gasteiger partial charge on any atom is -0.0785 e. The first-order chi connectivity index (χ1) is 7.91. The van der Waals surface area contributed by atoms with Crippen LogP contribution in [0.5, 0.6) is 0 Å². The number of allylic oxidation sites excluding steroid dienone is 1.